The minimum atomic E-state index is -0.512. The highest BCUT2D eigenvalue weighted by Crippen LogP contribution is 2.28. The second-order valence-corrected chi connectivity index (χ2v) is 4.02. The Morgan fingerprint density at radius 1 is 1.44 bits per heavy atom. The third-order valence-electron chi connectivity index (χ3n) is 2.46. The standard InChI is InChI=1S/C11H16FN3O/c12-10-6-11(15-8-14-10)13-4-1-5-16-7-9-2-3-9/h6,8-9H,1-5,7H2,(H,13,14,15). The first kappa shape index (κ1) is 11.3. The SMILES string of the molecule is Fc1cc(NCCCOCC2CC2)ncn1. The van der Waals surface area contributed by atoms with Gasteiger partial charge in [-0.05, 0) is 25.2 Å². The van der Waals surface area contributed by atoms with E-state index in [-0.39, 0.29) is 0 Å². The van der Waals surface area contributed by atoms with Crippen molar-refractivity contribution in [2.45, 2.75) is 19.3 Å². The molecule has 0 radical (unpaired) electrons. The summed E-state index contributed by atoms with van der Waals surface area (Å²) in [6.07, 6.45) is 4.75. The molecule has 0 spiro atoms. The molecule has 1 heterocycles. The van der Waals surface area contributed by atoms with Gasteiger partial charge in [-0.3, -0.25) is 0 Å². The van der Waals surface area contributed by atoms with Crippen LogP contribution in [0.25, 0.3) is 0 Å². The smallest absolute Gasteiger partial charge is 0.217 e. The van der Waals surface area contributed by atoms with Crippen molar-refractivity contribution in [3.8, 4) is 0 Å². The fraction of sp³-hybridized carbons (Fsp3) is 0.636. The highest BCUT2D eigenvalue weighted by atomic mass is 19.1. The van der Waals surface area contributed by atoms with Crippen LogP contribution >= 0.6 is 0 Å². The zero-order chi connectivity index (χ0) is 11.2. The van der Waals surface area contributed by atoms with Crippen molar-refractivity contribution >= 4 is 5.82 Å². The molecule has 0 bridgehead atoms. The predicted molar refractivity (Wildman–Crippen MR) is 58.6 cm³/mol. The number of anilines is 1. The Morgan fingerprint density at radius 2 is 2.31 bits per heavy atom. The first-order valence-corrected chi connectivity index (χ1v) is 5.64. The van der Waals surface area contributed by atoms with Crippen LogP contribution in [0, 0.1) is 11.9 Å². The van der Waals surface area contributed by atoms with E-state index < -0.39 is 5.95 Å². The van der Waals surface area contributed by atoms with Crippen LogP contribution in [0.15, 0.2) is 12.4 Å². The summed E-state index contributed by atoms with van der Waals surface area (Å²) in [5.74, 6) is 0.820. The molecule has 2 rings (SSSR count). The Kier molecular flexibility index (Phi) is 4.04. The first-order chi connectivity index (χ1) is 7.84. The molecule has 1 aromatic rings. The van der Waals surface area contributed by atoms with Gasteiger partial charge in [-0.15, -0.1) is 0 Å². The first-order valence-electron chi connectivity index (χ1n) is 5.64. The van der Waals surface area contributed by atoms with E-state index in [9.17, 15) is 4.39 Å². The molecule has 1 aliphatic carbocycles. The molecule has 1 N–H and O–H groups in total. The molecule has 0 atom stereocenters. The molecule has 1 aromatic heterocycles. The molecule has 1 saturated carbocycles. The Hall–Kier alpha value is -1.23. The molecule has 16 heavy (non-hydrogen) atoms. The molecular weight excluding hydrogens is 209 g/mol. The lowest BCUT2D eigenvalue weighted by Crippen LogP contribution is -2.08. The normalized spacial score (nSPS) is 15.1. The number of rotatable bonds is 7. The molecule has 0 saturated heterocycles. The summed E-state index contributed by atoms with van der Waals surface area (Å²) in [5, 5.41) is 3.02. The zero-order valence-corrected chi connectivity index (χ0v) is 9.16. The molecule has 0 aliphatic heterocycles. The number of aromatic nitrogens is 2. The minimum Gasteiger partial charge on any atom is -0.381 e. The van der Waals surface area contributed by atoms with E-state index in [0.717, 1.165) is 32.1 Å². The van der Waals surface area contributed by atoms with Gasteiger partial charge in [0.25, 0.3) is 0 Å². The largest absolute Gasteiger partial charge is 0.381 e. The summed E-state index contributed by atoms with van der Waals surface area (Å²) in [5.41, 5.74) is 0. The van der Waals surface area contributed by atoms with Gasteiger partial charge in [-0.1, -0.05) is 0 Å². The Labute approximate surface area is 94.2 Å². The highest BCUT2D eigenvalue weighted by Gasteiger charge is 2.20. The number of nitrogens with one attached hydrogen (secondary N) is 1. The van der Waals surface area contributed by atoms with E-state index in [0.29, 0.717) is 5.82 Å². The number of ether oxygens (including phenoxy) is 1. The van der Waals surface area contributed by atoms with Gasteiger partial charge in [-0.25, -0.2) is 9.97 Å². The molecular formula is C11H16FN3O. The number of nitrogens with zero attached hydrogens (tertiary/aromatic N) is 2. The van der Waals surface area contributed by atoms with E-state index in [4.69, 9.17) is 4.74 Å². The monoisotopic (exact) mass is 225 g/mol. The summed E-state index contributed by atoms with van der Waals surface area (Å²) >= 11 is 0. The average Bonchev–Trinajstić information content (AvgIpc) is 3.07. The lowest BCUT2D eigenvalue weighted by Gasteiger charge is -2.05. The van der Waals surface area contributed by atoms with Gasteiger partial charge in [0.1, 0.15) is 12.1 Å². The molecule has 88 valence electrons. The highest BCUT2D eigenvalue weighted by molar-refractivity contribution is 5.31. The van der Waals surface area contributed by atoms with Crippen molar-refractivity contribution in [2.24, 2.45) is 5.92 Å². The van der Waals surface area contributed by atoms with Crippen molar-refractivity contribution in [2.75, 3.05) is 25.1 Å². The zero-order valence-electron chi connectivity index (χ0n) is 9.16. The second kappa shape index (κ2) is 5.75. The van der Waals surface area contributed by atoms with Crippen molar-refractivity contribution < 1.29 is 9.13 Å². The molecule has 1 fully saturated rings. The molecule has 5 heteroatoms. The average molecular weight is 225 g/mol. The minimum absolute atomic E-state index is 0.512. The maximum Gasteiger partial charge on any atom is 0.217 e. The third-order valence-corrected chi connectivity index (χ3v) is 2.46. The number of halogens is 1. The Morgan fingerprint density at radius 3 is 3.06 bits per heavy atom. The molecule has 0 unspecified atom stereocenters. The van der Waals surface area contributed by atoms with Crippen LogP contribution in [0.5, 0.6) is 0 Å². The summed E-state index contributed by atoms with van der Waals surface area (Å²) in [6.45, 7) is 2.38. The van der Waals surface area contributed by atoms with Crippen LogP contribution in [0.1, 0.15) is 19.3 Å². The number of hydrogen-bond acceptors (Lipinski definition) is 4. The maximum atomic E-state index is 12.7. The number of hydrogen-bond donors (Lipinski definition) is 1. The maximum absolute atomic E-state index is 12.7. The fourth-order valence-corrected chi connectivity index (χ4v) is 1.36. The van der Waals surface area contributed by atoms with Crippen LogP contribution in [0.2, 0.25) is 0 Å². The van der Waals surface area contributed by atoms with Gasteiger partial charge in [0.2, 0.25) is 5.95 Å². The van der Waals surface area contributed by atoms with Gasteiger partial charge in [0.15, 0.2) is 0 Å². The van der Waals surface area contributed by atoms with Crippen molar-refractivity contribution in [1.82, 2.24) is 9.97 Å². The van der Waals surface area contributed by atoms with E-state index in [1.54, 1.807) is 0 Å². The summed E-state index contributed by atoms with van der Waals surface area (Å²) in [4.78, 5) is 7.27. The van der Waals surface area contributed by atoms with Crippen LogP contribution in [-0.2, 0) is 4.74 Å². The molecule has 4 nitrogen and oxygen atoms in total. The van der Waals surface area contributed by atoms with Gasteiger partial charge in [-0.2, -0.15) is 4.39 Å². The van der Waals surface area contributed by atoms with Crippen molar-refractivity contribution in [3.05, 3.63) is 18.3 Å². The van der Waals surface area contributed by atoms with Gasteiger partial charge < -0.3 is 10.1 Å². The van der Waals surface area contributed by atoms with E-state index in [1.807, 2.05) is 0 Å². The quantitative estimate of drug-likeness (QED) is 0.568. The van der Waals surface area contributed by atoms with Gasteiger partial charge >= 0.3 is 0 Å². The Balaban J connectivity index is 1.53. The summed E-state index contributed by atoms with van der Waals surface area (Å²) in [6, 6.07) is 1.28. The molecule has 0 amide bonds. The van der Waals surface area contributed by atoms with E-state index in [1.165, 1.54) is 25.2 Å². The Bertz CT molecular complexity index is 331. The van der Waals surface area contributed by atoms with E-state index >= 15 is 0 Å². The van der Waals surface area contributed by atoms with Crippen LogP contribution in [0.4, 0.5) is 10.2 Å². The second-order valence-electron chi connectivity index (χ2n) is 4.02. The van der Waals surface area contributed by atoms with Crippen molar-refractivity contribution in [3.63, 3.8) is 0 Å². The summed E-state index contributed by atoms with van der Waals surface area (Å²) < 4.78 is 18.1. The molecule has 0 aromatic carbocycles. The van der Waals surface area contributed by atoms with Crippen LogP contribution < -0.4 is 5.32 Å². The van der Waals surface area contributed by atoms with Crippen LogP contribution in [-0.4, -0.2) is 29.7 Å². The van der Waals surface area contributed by atoms with Crippen molar-refractivity contribution in [1.29, 1.82) is 0 Å². The third kappa shape index (κ3) is 4.10. The fourth-order valence-electron chi connectivity index (χ4n) is 1.36. The summed E-state index contributed by atoms with van der Waals surface area (Å²) in [7, 11) is 0. The van der Waals surface area contributed by atoms with E-state index in [2.05, 4.69) is 15.3 Å². The van der Waals surface area contributed by atoms with Crippen LogP contribution in [0.3, 0.4) is 0 Å². The van der Waals surface area contributed by atoms with Gasteiger partial charge in [0, 0.05) is 25.8 Å². The molecule has 1 aliphatic rings. The lowest BCUT2D eigenvalue weighted by molar-refractivity contribution is 0.124. The topological polar surface area (TPSA) is 47.0 Å². The predicted octanol–water partition coefficient (Wildman–Crippen LogP) is 1.84. The van der Waals surface area contributed by atoms with Gasteiger partial charge in [0.05, 0.1) is 0 Å². The lowest BCUT2D eigenvalue weighted by atomic mass is 10.4.